The molecule has 0 aliphatic carbocycles. The Morgan fingerprint density at radius 1 is 1.08 bits per heavy atom. The van der Waals surface area contributed by atoms with Crippen molar-refractivity contribution in [3.8, 4) is 0 Å². The Kier molecular flexibility index (Phi) is 7.20. The maximum Gasteiger partial charge on any atom is 0.251 e. The molecule has 0 heterocycles. The number of rotatable bonds is 7. The Morgan fingerprint density at radius 2 is 1.88 bits per heavy atom. The van der Waals surface area contributed by atoms with Crippen molar-refractivity contribution in [1.82, 2.24) is 10.6 Å². The van der Waals surface area contributed by atoms with Crippen LogP contribution in [0.5, 0.6) is 0 Å². The van der Waals surface area contributed by atoms with Crippen LogP contribution in [0.25, 0.3) is 0 Å². The van der Waals surface area contributed by atoms with Crippen molar-refractivity contribution in [2.75, 3.05) is 25.6 Å². The molecule has 0 aliphatic heterocycles. The number of anilines is 1. The highest BCUT2D eigenvalue weighted by Gasteiger charge is 2.06. The molecule has 3 N–H and O–H groups in total. The number of thiocarbonyl (C=S) groups is 1. The van der Waals surface area contributed by atoms with Gasteiger partial charge >= 0.3 is 0 Å². The summed E-state index contributed by atoms with van der Waals surface area (Å²) in [5, 5.41) is 9.48. The van der Waals surface area contributed by atoms with Crippen molar-refractivity contribution in [3.63, 3.8) is 0 Å². The van der Waals surface area contributed by atoms with Gasteiger partial charge in [0, 0.05) is 31.5 Å². The minimum absolute atomic E-state index is 0.124. The molecule has 0 aliphatic rings. The van der Waals surface area contributed by atoms with E-state index in [1.54, 1.807) is 19.2 Å². The van der Waals surface area contributed by atoms with E-state index in [9.17, 15) is 4.79 Å². The second kappa shape index (κ2) is 9.64. The van der Waals surface area contributed by atoms with Gasteiger partial charge in [0.25, 0.3) is 5.91 Å². The molecule has 0 saturated carbocycles. The average Bonchev–Trinajstić information content (AvgIpc) is 2.61. The molecular weight excluding hydrogens is 322 g/mol. The molecular formula is C18H21N3O2S. The number of ether oxygens (including phenoxy) is 1. The summed E-state index contributed by atoms with van der Waals surface area (Å²) in [6.07, 6.45) is 0. The number of hydrogen-bond donors (Lipinski definition) is 3. The first-order valence-corrected chi connectivity index (χ1v) is 8.06. The summed E-state index contributed by atoms with van der Waals surface area (Å²) >= 11 is 5.20. The van der Waals surface area contributed by atoms with Crippen LogP contribution in [0.2, 0.25) is 0 Å². The molecule has 0 radical (unpaired) electrons. The number of hydrogen-bond acceptors (Lipinski definition) is 3. The fourth-order valence-electron chi connectivity index (χ4n) is 2.06. The van der Waals surface area contributed by atoms with Crippen LogP contribution in [0.1, 0.15) is 15.9 Å². The van der Waals surface area contributed by atoms with Gasteiger partial charge in [-0.2, -0.15) is 0 Å². The second-order valence-corrected chi connectivity index (χ2v) is 5.53. The number of nitrogens with one attached hydrogen (secondary N) is 3. The lowest BCUT2D eigenvalue weighted by atomic mass is 10.1. The third-order valence-electron chi connectivity index (χ3n) is 3.27. The molecule has 0 bridgehead atoms. The molecule has 0 unspecified atom stereocenters. The van der Waals surface area contributed by atoms with Gasteiger partial charge in [-0.3, -0.25) is 4.79 Å². The average molecular weight is 343 g/mol. The van der Waals surface area contributed by atoms with Gasteiger partial charge < -0.3 is 20.7 Å². The van der Waals surface area contributed by atoms with Gasteiger partial charge in [0.2, 0.25) is 0 Å². The molecule has 5 nitrogen and oxygen atoms in total. The highest BCUT2D eigenvalue weighted by molar-refractivity contribution is 7.80. The van der Waals surface area contributed by atoms with Gasteiger partial charge in [-0.25, -0.2) is 0 Å². The van der Waals surface area contributed by atoms with E-state index in [0.717, 1.165) is 11.3 Å². The van der Waals surface area contributed by atoms with Crippen LogP contribution in [-0.4, -0.2) is 31.3 Å². The quantitative estimate of drug-likeness (QED) is 0.533. The van der Waals surface area contributed by atoms with Gasteiger partial charge in [0.1, 0.15) is 0 Å². The van der Waals surface area contributed by atoms with E-state index in [1.165, 1.54) is 0 Å². The molecule has 0 fully saturated rings. The van der Waals surface area contributed by atoms with Gasteiger partial charge in [-0.05, 0) is 36.0 Å². The SMILES string of the molecule is COCCNC(=S)Nc1cccc(C(=O)NCc2ccccc2)c1. The van der Waals surface area contributed by atoms with Crippen LogP contribution >= 0.6 is 12.2 Å². The van der Waals surface area contributed by atoms with Crippen LogP contribution in [0.3, 0.4) is 0 Å². The first kappa shape index (κ1) is 17.9. The smallest absolute Gasteiger partial charge is 0.251 e. The Labute approximate surface area is 147 Å². The molecule has 0 spiro atoms. The van der Waals surface area contributed by atoms with Crippen LogP contribution in [-0.2, 0) is 11.3 Å². The Bertz CT molecular complexity index is 677. The Hall–Kier alpha value is -2.44. The molecule has 0 saturated heterocycles. The van der Waals surface area contributed by atoms with Gasteiger partial charge in [-0.15, -0.1) is 0 Å². The minimum atomic E-state index is -0.124. The van der Waals surface area contributed by atoms with E-state index in [2.05, 4.69) is 16.0 Å². The van der Waals surface area contributed by atoms with Crippen molar-refractivity contribution >= 4 is 28.9 Å². The predicted molar refractivity (Wildman–Crippen MR) is 100 cm³/mol. The monoisotopic (exact) mass is 343 g/mol. The zero-order chi connectivity index (χ0) is 17.2. The fraction of sp³-hybridized carbons (Fsp3) is 0.222. The topological polar surface area (TPSA) is 62.4 Å². The van der Waals surface area contributed by atoms with Crippen molar-refractivity contribution in [2.45, 2.75) is 6.54 Å². The molecule has 1 amide bonds. The largest absolute Gasteiger partial charge is 0.383 e. The maximum atomic E-state index is 12.3. The van der Waals surface area contributed by atoms with E-state index < -0.39 is 0 Å². The normalized spacial score (nSPS) is 10.0. The zero-order valence-corrected chi connectivity index (χ0v) is 14.4. The number of methoxy groups -OCH3 is 1. The lowest BCUT2D eigenvalue weighted by Gasteiger charge is -2.11. The predicted octanol–water partition coefficient (Wildman–Crippen LogP) is 2.55. The number of benzene rings is 2. The van der Waals surface area contributed by atoms with Crippen molar-refractivity contribution in [2.24, 2.45) is 0 Å². The lowest BCUT2D eigenvalue weighted by molar-refractivity contribution is 0.0951. The Balaban J connectivity index is 1.89. The van der Waals surface area contributed by atoms with E-state index in [4.69, 9.17) is 17.0 Å². The summed E-state index contributed by atoms with van der Waals surface area (Å²) in [5.41, 5.74) is 2.40. The van der Waals surface area contributed by atoms with E-state index in [-0.39, 0.29) is 5.91 Å². The van der Waals surface area contributed by atoms with Gasteiger partial charge in [0.15, 0.2) is 5.11 Å². The molecule has 2 rings (SSSR count). The summed E-state index contributed by atoms with van der Waals surface area (Å²) < 4.78 is 4.95. The Morgan fingerprint density at radius 3 is 2.62 bits per heavy atom. The summed E-state index contributed by atoms with van der Waals surface area (Å²) in [6, 6.07) is 17.0. The third kappa shape index (κ3) is 5.98. The molecule has 2 aromatic rings. The number of carbonyl (C=O) groups is 1. The standard InChI is InChI=1S/C18H21N3O2S/c1-23-11-10-19-18(24)21-16-9-5-8-15(12-16)17(22)20-13-14-6-3-2-4-7-14/h2-9,12H,10-11,13H2,1H3,(H,20,22)(H2,19,21,24). The lowest BCUT2D eigenvalue weighted by Crippen LogP contribution is -2.31. The van der Waals surface area contributed by atoms with Gasteiger partial charge in [0.05, 0.1) is 6.61 Å². The van der Waals surface area contributed by atoms with Crippen molar-refractivity contribution in [1.29, 1.82) is 0 Å². The van der Waals surface area contributed by atoms with Crippen molar-refractivity contribution in [3.05, 3.63) is 65.7 Å². The first-order chi connectivity index (χ1) is 11.7. The first-order valence-electron chi connectivity index (χ1n) is 7.65. The number of carbonyl (C=O) groups excluding carboxylic acids is 1. The molecule has 2 aromatic carbocycles. The van der Waals surface area contributed by atoms with E-state index in [0.29, 0.717) is 30.4 Å². The molecule has 6 heteroatoms. The zero-order valence-electron chi connectivity index (χ0n) is 13.5. The molecule has 0 aromatic heterocycles. The second-order valence-electron chi connectivity index (χ2n) is 5.12. The van der Waals surface area contributed by atoms with Crippen molar-refractivity contribution < 1.29 is 9.53 Å². The third-order valence-corrected chi connectivity index (χ3v) is 3.52. The van der Waals surface area contributed by atoms with Crippen LogP contribution < -0.4 is 16.0 Å². The molecule has 0 atom stereocenters. The fourth-order valence-corrected chi connectivity index (χ4v) is 2.28. The van der Waals surface area contributed by atoms with Crippen LogP contribution in [0.4, 0.5) is 5.69 Å². The summed E-state index contributed by atoms with van der Waals surface area (Å²) in [6.45, 7) is 1.69. The van der Waals surface area contributed by atoms with Gasteiger partial charge in [-0.1, -0.05) is 36.4 Å². The number of amides is 1. The highest BCUT2D eigenvalue weighted by atomic mass is 32.1. The van der Waals surface area contributed by atoms with Crippen LogP contribution in [0, 0.1) is 0 Å². The van der Waals surface area contributed by atoms with E-state index in [1.807, 2.05) is 42.5 Å². The summed E-state index contributed by atoms with van der Waals surface area (Å²) in [5.74, 6) is -0.124. The molecule has 24 heavy (non-hydrogen) atoms. The summed E-state index contributed by atoms with van der Waals surface area (Å²) in [7, 11) is 1.63. The molecule has 126 valence electrons. The van der Waals surface area contributed by atoms with Crippen LogP contribution in [0.15, 0.2) is 54.6 Å². The minimum Gasteiger partial charge on any atom is -0.383 e. The maximum absolute atomic E-state index is 12.3. The highest BCUT2D eigenvalue weighted by Crippen LogP contribution is 2.11. The summed E-state index contributed by atoms with van der Waals surface area (Å²) in [4.78, 5) is 12.3. The van der Waals surface area contributed by atoms with E-state index >= 15 is 0 Å².